The first kappa shape index (κ1) is 24.4. The fraction of sp³-hybridized carbons (Fsp3) is 0.333. The molecule has 2 N–H and O–H groups in total. The number of nitrogens with zero attached hydrogens (tertiary/aromatic N) is 3. The molecule has 33 heavy (non-hydrogen) atoms. The van der Waals surface area contributed by atoms with Crippen molar-refractivity contribution < 1.29 is 14.0 Å². The summed E-state index contributed by atoms with van der Waals surface area (Å²) in [7, 11) is 1.81. The fourth-order valence-corrected chi connectivity index (χ4v) is 3.96. The highest BCUT2D eigenvalue weighted by atomic mass is 32.2. The van der Waals surface area contributed by atoms with Crippen LogP contribution >= 0.6 is 11.8 Å². The lowest BCUT2D eigenvalue weighted by atomic mass is 10.0. The second kappa shape index (κ2) is 10.6. The van der Waals surface area contributed by atoms with E-state index in [1.807, 2.05) is 32.9 Å². The molecule has 0 fully saturated rings. The van der Waals surface area contributed by atoms with E-state index in [1.54, 1.807) is 42.8 Å². The molecule has 3 rings (SSSR count). The average molecular weight is 470 g/mol. The molecular formula is C24H28FN5O2S. The van der Waals surface area contributed by atoms with E-state index >= 15 is 0 Å². The topological polar surface area (TPSA) is 88.9 Å². The second-order valence-corrected chi connectivity index (χ2v) is 9.15. The molecule has 0 spiro atoms. The lowest BCUT2D eigenvalue weighted by Gasteiger charge is -2.21. The molecule has 2 aromatic carbocycles. The molecule has 0 aliphatic rings. The Bertz CT molecular complexity index is 1140. The lowest BCUT2D eigenvalue weighted by Crippen LogP contribution is -2.33. The summed E-state index contributed by atoms with van der Waals surface area (Å²) < 4.78 is 15.5. The molecule has 0 unspecified atom stereocenters. The number of anilines is 1. The third kappa shape index (κ3) is 5.98. The van der Waals surface area contributed by atoms with Crippen LogP contribution in [0.15, 0.2) is 47.6 Å². The Hall–Kier alpha value is -3.20. The summed E-state index contributed by atoms with van der Waals surface area (Å²) in [6.45, 7) is 7.58. The number of amides is 2. The largest absolute Gasteiger partial charge is 0.342 e. The van der Waals surface area contributed by atoms with E-state index in [1.165, 1.54) is 17.8 Å². The number of carbonyl (C=O) groups is 2. The zero-order valence-electron chi connectivity index (χ0n) is 19.3. The van der Waals surface area contributed by atoms with Gasteiger partial charge in [0, 0.05) is 23.9 Å². The van der Waals surface area contributed by atoms with E-state index < -0.39 is 0 Å². The summed E-state index contributed by atoms with van der Waals surface area (Å²) in [5.41, 5.74) is 2.49. The van der Waals surface area contributed by atoms with Crippen LogP contribution in [0, 0.1) is 25.6 Å². The van der Waals surface area contributed by atoms with Crippen LogP contribution in [0.5, 0.6) is 0 Å². The van der Waals surface area contributed by atoms with Gasteiger partial charge in [-0.05, 0) is 44.0 Å². The van der Waals surface area contributed by atoms with Crippen LogP contribution in [0.3, 0.4) is 0 Å². The highest BCUT2D eigenvalue weighted by Gasteiger charge is 2.25. The third-order valence-electron chi connectivity index (χ3n) is 5.29. The molecule has 0 aliphatic carbocycles. The summed E-state index contributed by atoms with van der Waals surface area (Å²) in [5, 5.41) is 14.8. The van der Waals surface area contributed by atoms with Gasteiger partial charge < -0.3 is 15.2 Å². The maximum absolute atomic E-state index is 13.7. The van der Waals surface area contributed by atoms with E-state index in [4.69, 9.17) is 0 Å². The molecule has 0 saturated carbocycles. The number of rotatable bonds is 8. The Balaban J connectivity index is 1.67. The molecule has 0 aliphatic heterocycles. The monoisotopic (exact) mass is 469 g/mol. The van der Waals surface area contributed by atoms with Crippen LogP contribution in [-0.4, -0.2) is 32.3 Å². The minimum atomic E-state index is -0.370. The summed E-state index contributed by atoms with van der Waals surface area (Å²) in [4.78, 5) is 25.1. The molecule has 0 saturated heterocycles. The van der Waals surface area contributed by atoms with Crippen molar-refractivity contribution in [3.05, 3.63) is 70.8 Å². The van der Waals surface area contributed by atoms with Crippen molar-refractivity contribution in [2.45, 2.75) is 38.9 Å². The van der Waals surface area contributed by atoms with E-state index in [0.717, 1.165) is 5.56 Å². The molecule has 0 bridgehead atoms. The molecule has 7 nitrogen and oxygen atoms in total. The normalized spacial score (nSPS) is 12.0. The van der Waals surface area contributed by atoms with Crippen molar-refractivity contribution in [1.82, 2.24) is 20.1 Å². The number of aromatic nitrogens is 3. The number of benzene rings is 2. The number of halogens is 1. The summed E-state index contributed by atoms with van der Waals surface area (Å²) in [5.74, 6) is -0.0640. The minimum Gasteiger partial charge on any atom is -0.342 e. The molecule has 1 atom stereocenters. The van der Waals surface area contributed by atoms with Crippen molar-refractivity contribution in [3.63, 3.8) is 0 Å². The zero-order valence-corrected chi connectivity index (χ0v) is 20.2. The van der Waals surface area contributed by atoms with Gasteiger partial charge in [0.05, 0.1) is 11.8 Å². The van der Waals surface area contributed by atoms with Gasteiger partial charge in [0.2, 0.25) is 5.91 Å². The smallest absolute Gasteiger partial charge is 0.251 e. The number of hydrogen-bond acceptors (Lipinski definition) is 5. The highest BCUT2D eigenvalue weighted by Crippen LogP contribution is 2.25. The molecular weight excluding hydrogens is 441 g/mol. The number of thioether (sulfide) groups is 1. The van der Waals surface area contributed by atoms with Crippen molar-refractivity contribution in [1.29, 1.82) is 0 Å². The van der Waals surface area contributed by atoms with Gasteiger partial charge in [0.25, 0.3) is 5.91 Å². The molecule has 1 heterocycles. The minimum absolute atomic E-state index is 0.0689. The first-order valence-corrected chi connectivity index (χ1v) is 11.6. The molecule has 9 heteroatoms. The van der Waals surface area contributed by atoms with E-state index in [2.05, 4.69) is 20.8 Å². The van der Waals surface area contributed by atoms with Gasteiger partial charge in [0.1, 0.15) is 5.82 Å². The highest BCUT2D eigenvalue weighted by molar-refractivity contribution is 7.99. The van der Waals surface area contributed by atoms with Gasteiger partial charge >= 0.3 is 0 Å². The first-order chi connectivity index (χ1) is 15.7. The first-order valence-electron chi connectivity index (χ1n) is 10.6. The molecule has 1 aromatic heterocycles. The van der Waals surface area contributed by atoms with Crippen molar-refractivity contribution >= 4 is 29.3 Å². The Labute approximate surface area is 197 Å². The molecule has 0 radical (unpaired) electrons. The SMILES string of the molecule is Cc1ccc(C(=O)N[C@H](c2nnc(SCC(=O)Nc3cccc(F)c3C)n2C)C(C)C)cc1. The number of hydrogen-bond donors (Lipinski definition) is 2. The number of nitrogens with one attached hydrogen (secondary N) is 2. The molecule has 3 aromatic rings. The predicted octanol–water partition coefficient (Wildman–Crippen LogP) is 4.43. The Morgan fingerprint density at radius 2 is 1.79 bits per heavy atom. The second-order valence-electron chi connectivity index (χ2n) is 8.21. The molecule has 2 amide bonds. The van der Waals surface area contributed by atoms with Gasteiger partial charge in [0.15, 0.2) is 11.0 Å². The Morgan fingerprint density at radius 3 is 2.45 bits per heavy atom. The van der Waals surface area contributed by atoms with Gasteiger partial charge in [-0.15, -0.1) is 10.2 Å². The average Bonchev–Trinajstić information content (AvgIpc) is 3.14. The third-order valence-corrected chi connectivity index (χ3v) is 6.31. The maximum atomic E-state index is 13.7. The Kier molecular flexibility index (Phi) is 7.86. The van der Waals surface area contributed by atoms with Crippen LogP contribution in [0.25, 0.3) is 0 Å². The van der Waals surface area contributed by atoms with E-state index in [-0.39, 0.29) is 35.3 Å². The standard InChI is InChI=1S/C24H28FN5O2S/c1-14(2)21(27-23(32)17-11-9-15(3)10-12-17)22-28-29-24(30(22)5)33-13-20(31)26-19-8-6-7-18(25)16(19)4/h6-12,14,21H,13H2,1-5H3,(H,26,31)(H,27,32)/t21-/m0/s1. The Morgan fingerprint density at radius 1 is 1.09 bits per heavy atom. The zero-order chi connectivity index (χ0) is 24.1. The van der Waals surface area contributed by atoms with Crippen LogP contribution in [0.1, 0.15) is 47.2 Å². The van der Waals surface area contributed by atoms with Crippen LogP contribution in [0.2, 0.25) is 0 Å². The quantitative estimate of drug-likeness (QED) is 0.477. The van der Waals surface area contributed by atoms with Gasteiger partial charge in [-0.2, -0.15) is 0 Å². The van der Waals surface area contributed by atoms with Crippen LogP contribution < -0.4 is 10.6 Å². The summed E-state index contributed by atoms with van der Waals surface area (Å²) >= 11 is 1.22. The van der Waals surface area contributed by atoms with Crippen LogP contribution in [-0.2, 0) is 11.8 Å². The summed E-state index contributed by atoms with van der Waals surface area (Å²) in [6, 6.07) is 11.6. The van der Waals surface area contributed by atoms with Crippen molar-refractivity contribution in [2.24, 2.45) is 13.0 Å². The van der Waals surface area contributed by atoms with E-state index in [0.29, 0.717) is 27.8 Å². The van der Waals surface area contributed by atoms with Crippen molar-refractivity contribution in [2.75, 3.05) is 11.1 Å². The predicted molar refractivity (Wildman–Crippen MR) is 128 cm³/mol. The molecule has 174 valence electrons. The van der Waals surface area contributed by atoms with E-state index in [9.17, 15) is 14.0 Å². The fourth-order valence-electron chi connectivity index (χ4n) is 3.24. The number of carbonyl (C=O) groups excluding carboxylic acids is 2. The maximum Gasteiger partial charge on any atom is 0.251 e. The van der Waals surface area contributed by atoms with Gasteiger partial charge in [-0.25, -0.2) is 4.39 Å². The summed E-state index contributed by atoms with van der Waals surface area (Å²) in [6.07, 6.45) is 0. The van der Waals surface area contributed by atoms with Gasteiger partial charge in [-0.1, -0.05) is 49.4 Å². The van der Waals surface area contributed by atoms with Crippen molar-refractivity contribution in [3.8, 4) is 0 Å². The number of aryl methyl sites for hydroxylation is 1. The van der Waals surface area contributed by atoms with Gasteiger partial charge in [-0.3, -0.25) is 9.59 Å². The lowest BCUT2D eigenvalue weighted by molar-refractivity contribution is -0.113. The van der Waals surface area contributed by atoms with Crippen LogP contribution in [0.4, 0.5) is 10.1 Å².